The number of benzene rings is 2. The second-order valence-electron chi connectivity index (χ2n) is 7.49. The summed E-state index contributed by atoms with van der Waals surface area (Å²) in [5.74, 6) is 0.336. The topological polar surface area (TPSA) is 84.5 Å². The molecule has 2 N–H and O–H groups in total. The van der Waals surface area contributed by atoms with E-state index >= 15 is 0 Å². The average Bonchev–Trinajstić information content (AvgIpc) is 2.67. The summed E-state index contributed by atoms with van der Waals surface area (Å²) >= 11 is 0. The monoisotopic (exact) mass is 418 g/mol. The first kappa shape index (κ1) is 22.9. The molecule has 0 aliphatic carbocycles. The van der Waals surface area contributed by atoms with Gasteiger partial charge in [-0.05, 0) is 48.9 Å². The Kier molecular flexibility index (Phi) is 8.22. The van der Waals surface area contributed by atoms with Crippen LogP contribution in [-0.2, 0) is 21.2 Å². The van der Waals surface area contributed by atoms with E-state index in [1.165, 1.54) is 13.2 Å². The molecule has 0 saturated heterocycles. The molecule has 2 aromatic carbocycles. The van der Waals surface area contributed by atoms with Gasteiger partial charge in [-0.2, -0.15) is 4.72 Å². The summed E-state index contributed by atoms with van der Waals surface area (Å²) in [7, 11) is -2.55. The van der Waals surface area contributed by atoms with Crippen LogP contribution in [0.3, 0.4) is 0 Å². The standard InChI is InChI=1S/C22H30N2O4S/c1-16(2)12-13-23-22(25)19(15-18-8-6-5-7-9-18)24-29(26,27)21-14-17(3)10-11-20(21)28-4/h5-11,14,16,19,24H,12-13,15H2,1-4H3,(H,23,25)/t19-/m1/s1. The highest BCUT2D eigenvalue weighted by Crippen LogP contribution is 2.25. The highest BCUT2D eigenvalue weighted by molar-refractivity contribution is 7.89. The number of nitrogens with one attached hydrogen (secondary N) is 2. The van der Waals surface area contributed by atoms with Crippen LogP contribution in [0.2, 0.25) is 0 Å². The molecule has 158 valence electrons. The van der Waals surface area contributed by atoms with Crippen LogP contribution in [0.4, 0.5) is 0 Å². The van der Waals surface area contributed by atoms with E-state index in [9.17, 15) is 13.2 Å². The Bertz CT molecular complexity index is 912. The number of carbonyl (C=O) groups excluding carboxylic acids is 1. The van der Waals surface area contributed by atoms with Crippen molar-refractivity contribution in [2.75, 3.05) is 13.7 Å². The normalized spacial score (nSPS) is 12.6. The first-order chi connectivity index (χ1) is 13.7. The molecule has 1 amide bonds. The number of methoxy groups -OCH3 is 1. The highest BCUT2D eigenvalue weighted by Gasteiger charge is 2.28. The molecule has 7 heteroatoms. The lowest BCUT2D eigenvalue weighted by Gasteiger charge is -2.20. The number of rotatable bonds is 10. The summed E-state index contributed by atoms with van der Waals surface area (Å²) < 4.78 is 34.0. The van der Waals surface area contributed by atoms with Crippen molar-refractivity contribution in [3.8, 4) is 5.75 Å². The van der Waals surface area contributed by atoms with E-state index in [0.29, 0.717) is 12.5 Å². The summed E-state index contributed by atoms with van der Waals surface area (Å²) in [6.45, 7) is 6.44. The van der Waals surface area contributed by atoms with Gasteiger partial charge in [0.2, 0.25) is 15.9 Å². The lowest BCUT2D eigenvalue weighted by atomic mass is 10.1. The second kappa shape index (κ2) is 10.4. The molecule has 0 aromatic heterocycles. The van der Waals surface area contributed by atoms with Gasteiger partial charge in [-0.15, -0.1) is 0 Å². The van der Waals surface area contributed by atoms with Crippen molar-refractivity contribution in [3.05, 3.63) is 59.7 Å². The van der Waals surface area contributed by atoms with E-state index in [4.69, 9.17) is 4.74 Å². The van der Waals surface area contributed by atoms with E-state index in [2.05, 4.69) is 23.9 Å². The van der Waals surface area contributed by atoms with Gasteiger partial charge in [0, 0.05) is 6.54 Å². The van der Waals surface area contributed by atoms with Gasteiger partial charge in [-0.25, -0.2) is 8.42 Å². The summed E-state index contributed by atoms with van der Waals surface area (Å²) in [4.78, 5) is 12.8. The Morgan fingerprint density at radius 2 is 1.79 bits per heavy atom. The van der Waals surface area contributed by atoms with Crippen molar-refractivity contribution >= 4 is 15.9 Å². The van der Waals surface area contributed by atoms with E-state index in [-0.39, 0.29) is 23.0 Å². The van der Waals surface area contributed by atoms with Gasteiger partial charge < -0.3 is 10.1 Å². The number of carbonyl (C=O) groups is 1. The van der Waals surface area contributed by atoms with Gasteiger partial charge in [0.25, 0.3) is 0 Å². The Balaban J connectivity index is 2.28. The molecule has 2 rings (SSSR count). The van der Waals surface area contributed by atoms with Crippen molar-refractivity contribution in [2.45, 2.75) is 44.6 Å². The first-order valence-electron chi connectivity index (χ1n) is 9.71. The molecule has 0 radical (unpaired) electrons. The molecule has 29 heavy (non-hydrogen) atoms. The third kappa shape index (κ3) is 6.87. The number of sulfonamides is 1. The van der Waals surface area contributed by atoms with Gasteiger partial charge >= 0.3 is 0 Å². The quantitative estimate of drug-likeness (QED) is 0.621. The van der Waals surface area contributed by atoms with E-state index in [1.54, 1.807) is 19.1 Å². The predicted octanol–water partition coefficient (Wildman–Crippen LogP) is 3.06. The fourth-order valence-corrected chi connectivity index (χ4v) is 4.34. The van der Waals surface area contributed by atoms with Crippen LogP contribution < -0.4 is 14.8 Å². The predicted molar refractivity (Wildman–Crippen MR) is 114 cm³/mol. The highest BCUT2D eigenvalue weighted by atomic mass is 32.2. The third-order valence-electron chi connectivity index (χ3n) is 4.53. The van der Waals surface area contributed by atoms with Gasteiger partial charge in [0.05, 0.1) is 7.11 Å². The molecule has 0 spiro atoms. The van der Waals surface area contributed by atoms with Crippen LogP contribution in [-0.4, -0.2) is 34.0 Å². The second-order valence-corrected chi connectivity index (χ2v) is 9.17. The van der Waals surface area contributed by atoms with Gasteiger partial charge in [-0.3, -0.25) is 4.79 Å². The van der Waals surface area contributed by atoms with Crippen molar-refractivity contribution in [3.63, 3.8) is 0 Å². The van der Waals surface area contributed by atoms with Crippen molar-refractivity contribution in [2.24, 2.45) is 5.92 Å². The van der Waals surface area contributed by atoms with Gasteiger partial charge in [0.1, 0.15) is 16.7 Å². The fraction of sp³-hybridized carbons (Fsp3) is 0.409. The van der Waals surface area contributed by atoms with Gasteiger partial charge in [0.15, 0.2) is 0 Å². The molecule has 0 fully saturated rings. The molecular weight excluding hydrogens is 388 g/mol. The molecule has 1 atom stereocenters. The SMILES string of the molecule is COc1ccc(C)cc1S(=O)(=O)N[C@H](Cc1ccccc1)C(=O)NCCC(C)C. The number of ether oxygens (including phenoxy) is 1. The molecule has 0 unspecified atom stereocenters. The Morgan fingerprint density at radius 3 is 2.41 bits per heavy atom. The fourth-order valence-electron chi connectivity index (χ4n) is 2.89. The smallest absolute Gasteiger partial charge is 0.244 e. The average molecular weight is 419 g/mol. The minimum absolute atomic E-state index is 0.0213. The minimum atomic E-state index is -3.97. The lowest BCUT2D eigenvalue weighted by Crippen LogP contribution is -2.48. The molecule has 0 aliphatic heterocycles. The maximum atomic E-state index is 13.1. The largest absolute Gasteiger partial charge is 0.495 e. The van der Waals surface area contributed by atoms with Crippen LogP contribution in [0.5, 0.6) is 5.75 Å². The Hall–Kier alpha value is -2.38. The molecular formula is C22H30N2O4S. The number of hydrogen-bond acceptors (Lipinski definition) is 4. The zero-order chi connectivity index (χ0) is 21.4. The third-order valence-corrected chi connectivity index (χ3v) is 6.02. The summed E-state index contributed by atoms with van der Waals surface area (Å²) in [5, 5.41) is 2.85. The maximum absolute atomic E-state index is 13.1. The van der Waals surface area contributed by atoms with Crippen LogP contribution in [0.15, 0.2) is 53.4 Å². The molecule has 0 heterocycles. The molecule has 0 aliphatic rings. The Morgan fingerprint density at radius 1 is 1.10 bits per heavy atom. The zero-order valence-corrected chi connectivity index (χ0v) is 18.3. The summed E-state index contributed by atoms with van der Waals surface area (Å²) in [6, 6.07) is 13.3. The van der Waals surface area contributed by atoms with E-state index in [0.717, 1.165) is 17.5 Å². The van der Waals surface area contributed by atoms with Crippen molar-refractivity contribution in [1.82, 2.24) is 10.0 Å². The minimum Gasteiger partial charge on any atom is -0.495 e. The van der Waals surface area contributed by atoms with E-state index in [1.807, 2.05) is 30.3 Å². The van der Waals surface area contributed by atoms with Crippen molar-refractivity contribution in [1.29, 1.82) is 0 Å². The van der Waals surface area contributed by atoms with Crippen LogP contribution in [0, 0.1) is 12.8 Å². The first-order valence-corrected chi connectivity index (χ1v) is 11.2. The summed E-state index contributed by atoms with van der Waals surface area (Å²) in [5.41, 5.74) is 1.66. The Labute approximate surface area is 173 Å². The number of aryl methyl sites for hydroxylation is 1. The van der Waals surface area contributed by atoms with Crippen molar-refractivity contribution < 1.29 is 17.9 Å². The molecule has 0 saturated carbocycles. The lowest BCUT2D eigenvalue weighted by molar-refractivity contribution is -0.122. The van der Waals surface area contributed by atoms with Crippen LogP contribution in [0.25, 0.3) is 0 Å². The number of hydrogen-bond donors (Lipinski definition) is 2. The summed E-state index contributed by atoms with van der Waals surface area (Å²) in [6.07, 6.45) is 1.07. The van der Waals surface area contributed by atoms with Gasteiger partial charge in [-0.1, -0.05) is 50.2 Å². The zero-order valence-electron chi connectivity index (χ0n) is 17.4. The molecule has 6 nitrogen and oxygen atoms in total. The van der Waals surface area contributed by atoms with E-state index < -0.39 is 16.1 Å². The van der Waals surface area contributed by atoms with Crippen LogP contribution in [0.1, 0.15) is 31.4 Å². The van der Waals surface area contributed by atoms with Crippen LogP contribution >= 0.6 is 0 Å². The molecule has 2 aromatic rings. The maximum Gasteiger partial charge on any atom is 0.244 e. The number of amides is 1. The molecule has 0 bridgehead atoms.